The Labute approximate surface area is 110 Å². The van der Waals surface area contributed by atoms with Crippen molar-refractivity contribution in [1.29, 1.82) is 0 Å². The van der Waals surface area contributed by atoms with Gasteiger partial charge in [0.2, 0.25) is 0 Å². The second-order valence-corrected chi connectivity index (χ2v) is 5.36. The average Bonchev–Trinajstić information content (AvgIpc) is 2.73. The third-order valence-electron chi connectivity index (χ3n) is 4.58. The Bertz CT molecular complexity index is 390. The molecule has 3 rings (SSSR count). The number of benzene rings is 1. The van der Waals surface area contributed by atoms with Crippen LogP contribution in [0.3, 0.4) is 0 Å². The van der Waals surface area contributed by atoms with Crippen LogP contribution in [-0.4, -0.2) is 12.6 Å². The molecule has 1 saturated heterocycles. The van der Waals surface area contributed by atoms with Crippen LogP contribution in [0.1, 0.15) is 43.7 Å². The Kier molecular flexibility index (Phi) is 3.79. The molecule has 94 valence electrons. The highest BCUT2D eigenvalue weighted by Gasteiger charge is 2.46. The van der Waals surface area contributed by atoms with Crippen LogP contribution in [0.5, 0.6) is 0 Å². The molecule has 17 heavy (non-hydrogen) atoms. The average molecular weight is 252 g/mol. The van der Waals surface area contributed by atoms with E-state index >= 15 is 0 Å². The van der Waals surface area contributed by atoms with Gasteiger partial charge in [-0.25, -0.2) is 0 Å². The fourth-order valence-corrected chi connectivity index (χ4v) is 3.94. The Hall–Kier alpha value is -0.530. The van der Waals surface area contributed by atoms with E-state index in [2.05, 4.69) is 36.5 Å². The van der Waals surface area contributed by atoms with Crippen molar-refractivity contribution in [2.75, 3.05) is 6.54 Å². The van der Waals surface area contributed by atoms with Gasteiger partial charge in [0.05, 0.1) is 0 Å². The van der Waals surface area contributed by atoms with Gasteiger partial charge in [-0.2, -0.15) is 0 Å². The zero-order chi connectivity index (χ0) is 11.0. The molecule has 2 atom stereocenters. The van der Waals surface area contributed by atoms with Gasteiger partial charge in [0.25, 0.3) is 0 Å². The number of hydrogen-bond donors (Lipinski definition) is 1. The van der Waals surface area contributed by atoms with Gasteiger partial charge in [-0.1, -0.05) is 37.6 Å². The molecule has 1 heterocycles. The molecule has 1 aliphatic carbocycles. The van der Waals surface area contributed by atoms with Gasteiger partial charge < -0.3 is 5.32 Å². The first-order chi connectivity index (χ1) is 7.87. The number of rotatable bonds is 2. The SMILES string of the molecule is CCCC12CCNC1CCc1ccccc12.Cl. The van der Waals surface area contributed by atoms with Gasteiger partial charge in [-0.3, -0.25) is 0 Å². The summed E-state index contributed by atoms with van der Waals surface area (Å²) in [6.45, 7) is 3.53. The van der Waals surface area contributed by atoms with Crippen molar-refractivity contribution in [2.24, 2.45) is 0 Å². The van der Waals surface area contributed by atoms with Crippen molar-refractivity contribution in [1.82, 2.24) is 5.32 Å². The first-order valence-corrected chi connectivity index (χ1v) is 6.68. The normalized spacial score (nSPS) is 30.3. The smallest absolute Gasteiger partial charge is 0.0168 e. The molecule has 2 heteroatoms. The monoisotopic (exact) mass is 251 g/mol. The largest absolute Gasteiger partial charge is 0.313 e. The lowest BCUT2D eigenvalue weighted by Gasteiger charge is -2.41. The van der Waals surface area contributed by atoms with Crippen molar-refractivity contribution < 1.29 is 0 Å². The number of aryl methyl sites for hydroxylation is 1. The molecule has 0 amide bonds. The molecule has 1 aromatic rings. The molecule has 2 unspecified atom stereocenters. The van der Waals surface area contributed by atoms with Crippen molar-refractivity contribution >= 4 is 12.4 Å². The predicted octanol–water partition coefficient (Wildman–Crippen LogP) is 3.45. The fraction of sp³-hybridized carbons (Fsp3) is 0.600. The third kappa shape index (κ3) is 1.90. The van der Waals surface area contributed by atoms with Crippen molar-refractivity contribution in [3.05, 3.63) is 35.4 Å². The predicted molar refractivity (Wildman–Crippen MR) is 75.0 cm³/mol. The van der Waals surface area contributed by atoms with E-state index in [4.69, 9.17) is 0 Å². The molecule has 1 aromatic carbocycles. The second-order valence-electron chi connectivity index (χ2n) is 5.36. The zero-order valence-corrected chi connectivity index (χ0v) is 11.4. The topological polar surface area (TPSA) is 12.0 Å². The quantitative estimate of drug-likeness (QED) is 0.849. The first-order valence-electron chi connectivity index (χ1n) is 6.68. The van der Waals surface area contributed by atoms with Gasteiger partial charge >= 0.3 is 0 Å². The highest BCUT2D eigenvalue weighted by molar-refractivity contribution is 5.85. The Morgan fingerprint density at radius 3 is 3.00 bits per heavy atom. The van der Waals surface area contributed by atoms with E-state index in [1.807, 2.05) is 0 Å². The molecule has 1 nitrogen and oxygen atoms in total. The van der Waals surface area contributed by atoms with E-state index in [1.165, 1.54) is 38.6 Å². The lowest BCUT2D eigenvalue weighted by molar-refractivity contribution is 0.305. The van der Waals surface area contributed by atoms with Crippen LogP contribution in [-0.2, 0) is 11.8 Å². The summed E-state index contributed by atoms with van der Waals surface area (Å²) in [5, 5.41) is 3.73. The fourth-order valence-electron chi connectivity index (χ4n) is 3.94. The summed E-state index contributed by atoms with van der Waals surface area (Å²) in [7, 11) is 0. The van der Waals surface area contributed by atoms with Crippen LogP contribution in [0.15, 0.2) is 24.3 Å². The molecular formula is C15H22ClN. The van der Waals surface area contributed by atoms with Crippen LogP contribution < -0.4 is 5.32 Å². The molecule has 1 fully saturated rings. The van der Waals surface area contributed by atoms with Crippen molar-refractivity contribution in [2.45, 2.75) is 50.5 Å². The molecule has 0 bridgehead atoms. The first kappa shape index (κ1) is 12.9. The minimum atomic E-state index is 0. The number of fused-ring (bicyclic) bond motifs is 3. The highest BCUT2D eigenvalue weighted by Crippen LogP contribution is 2.45. The summed E-state index contributed by atoms with van der Waals surface area (Å²) in [6, 6.07) is 9.87. The third-order valence-corrected chi connectivity index (χ3v) is 4.58. The number of halogens is 1. The van der Waals surface area contributed by atoms with E-state index in [0.717, 1.165) is 6.04 Å². The maximum absolute atomic E-state index is 3.73. The molecule has 1 N–H and O–H groups in total. The lowest BCUT2D eigenvalue weighted by atomic mass is 9.65. The molecule has 0 radical (unpaired) electrons. The molecule has 1 aliphatic heterocycles. The van der Waals surface area contributed by atoms with Gasteiger partial charge in [0.1, 0.15) is 0 Å². The van der Waals surface area contributed by atoms with E-state index in [9.17, 15) is 0 Å². The van der Waals surface area contributed by atoms with Gasteiger partial charge in [0.15, 0.2) is 0 Å². The van der Waals surface area contributed by atoms with Crippen LogP contribution in [0.2, 0.25) is 0 Å². The van der Waals surface area contributed by atoms with Crippen molar-refractivity contribution in [3.8, 4) is 0 Å². The maximum Gasteiger partial charge on any atom is 0.0168 e. The van der Waals surface area contributed by atoms with Gasteiger partial charge in [-0.05, 0) is 43.4 Å². The zero-order valence-electron chi connectivity index (χ0n) is 10.5. The molecule has 0 aromatic heterocycles. The van der Waals surface area contributed by atoms with Crippen LogP contribution in [0.25, 0.3) is 0 Å². The summed E-state index contributed by atoms with van der Waals surface area (Å²) >= 11 is 0. The van der Waals surface area contributed by atoms with Crippen LogP contribution >= 0.6 is 12.4 Å². The minimum Gasteiger partial charge on any atom is -0.313 e. The van der Waals surface area contributed by atoms with E-state index in [0.29, 0.717) is 5.41 Å². The second kappa shape index (κ2) is 4.99. The molecule has 0 spiro atoms. The molecule has 0 saturated carbocycles. The van der Waals surface area contributed by atoms with Gasteiger partial charge in [-0.15, -0.1) is 12.4 Å². The van der Waals surface area contributed by atoms with E-state index < -0.39 is 0 Å². The molecule has 2 aliphatic rings. The Morgan fingerprint density at radius 1 is 1.35 bits per heavy atom. The molecular weight excluding hydrogens is 230 g/mol. The summed E-state index contributed by atoms with van der Waals surface area (Å²) in [6.07, 6.45) is 6.58. The number of nitrogens with one attached hydrogen (secondary N) is 1. The number of hydrogen-bond acceptors (Lipinski definition) is 1. The summed E-state index contributed by atoms with van der Waals surface area (Å²) < 4.78 is 0. The van der Waals surface area contributed by atoms with E-state index in [1.54, 1.807) is 11.1 Å². The minimum absolute atomic E-state index is 0. The van der Waals surface area contributed by atoms with Crippen molar-refractivity contribution in [3.63, 3.8) is 0 Å². The van der Waals surface area contributed by atoms with Crippen LogP contribution in [0, 0.1) is 0 Å². The Balaban J connectivity index is 0.00000108. The Morgan fingerprint density at radius 2 is 2.18 bits per heavy atom. The summed E-state index contributed by atoms with van der Waals surface area (Å²) in [5.74, 6) is 0. The van der Waals surface area contributed by atoms with E-state index in [-0.39, 0.29) is 12.4 Å². The standard InChI is InChI=1S/C15H21N.ClH/c1-2-9-15-10-11-16-14(15)8-7-12-5-3-4-6-13(12)15;/h3-6,14,16H,2,7-11H2,1H3;1H. The highest BCUT2D eigenvalue weighted by atomic mass is 35.5. The lowest BCUT2D eigenvalue weighted by Crippen LogP contribution is -2.44. The van der Waals surface area contributed by atoms with Crippen LogP contribution in [0.4, 0.5) is 0 Å². The summed E-state index contributed by atoms with van der Waals surface area (Å²) in [5.41, 5.74) is 3.72. The summed E-state index contributed by atoms with van der Waals surface area (Å²) in [4.78, 5) is 0. The maximum atomic E-state index is 3.73. The van der Waals surface area contributed by atoms with Gasteiger partial charge in [0, 0.05) is 11.5 Å².